The number of Topliss-reactive ketones (excluding diaryl/α,β-unsaturated/α-hetero) is 1. The Balaban J connectivity index is 0. The molecule has 0 atom stereocenters. The van der Waals surface area contributed by atoms with E-state index in [2.05, 4.69) is 0 Å². The molecule has 0 saturated carbocycles. The molecule has 0 aromatic rings. The van der Waals surface area contributed by atoms with Crippen molar-refractivity contribution in [1.29, 1.82) is 0 Å². The Morgan fingerprint density at radius 2 is 1.90 bits per heavy atom. The van der Waals surface area contributed by atoms with Gasteiger partial charge in [0.25, 0.3) is 0 Å². The summed E-state index contributed by atoms with van der Waals surface area (Å²) in [7, 11) is 0. The van der Waals surface area contributed by atoms with Gasteiger partial charge in [-0.15, -0.1) is 0 Å². The Labute approximate surface area is 72.6 Å². The average molecular weight is 196 g/mol. The molecule has 0 aromatic carbocycles. The number of hydrogen-bond acceptors (Lipinski definition) is 2. The minimum Gasteiger partial charge on any atom is -0.481 e. The van der Waals surface area contributed by atoms with Gasteiger partial charge in [-0.1, -0.05) is 6.92 Å². The molecule has 0 aromatic heterocycles. The first-order chi connectivity index (χ1) is 4.16. The van der Waals surface area contributed by atoms with E-state index in [0.717, 1.165) is 6.42 Å². The van der Waals surface area contributed by atoms with E-state index in [1.54, 1.807) is 0 Å². The molecular weight excluding hydrogens is 185 g/mol. The van der Waals surface area contributed by atoms with E-state index in [1.807, 2.05) is 6.92 Å². The van der Waals surface area contributed by atoms with Crippen molar-refractivity contribution >= 4 is 11.8 Å². The fourth-order valence-electron chi connectivity index (χ4n) is 0.536. The fraction of sp³-hybridized carbons (Fsp3) is 0.667. The van der Waals surface area contributed by atoms with Gasteiger partial charge in [0.05, 0.1) is 0 Å². The summed E-state index contributed by atoms with van der Waals surface area (Å²) < 4.78 is 0. The Hall–Kier alpha value is -0.237. The van der Waals surface area contributed by atoms with E-state index in [-0.39, 0.29) is 31.7 Å². The molecular formula is C6H10O3Zn. The van der Waals surface area contributed by atoms with Crippen molar-refractivity contribution in [1.82, 2.24) is 0 Å². The second kappa shape index (κ2) is 6.88. The summed E-state index contributed by atoms with van der Waals surface area (Å²) in [4.78, 5) is 20.3. The Morgan fingerprint density at radius 3 is 2.20 bits per heavy atom. The van der Waals surface area contributed by atoms with Crippen LogP contribution in [0.1, 0.15) is 26.2 Å². The summed E-state index contributed by atoms with van der Waals surface area (Å²) in [6.07, 6.45) is 0.784. The summed E-state index contributed by atoms with van der Waals surface area (Å²) >= 11 is 0. The van der Waals surface area contributed by atoms with Crippen LogP contribution in [0.15, 0.2) is 0 Å². The molecule has 0 radical (unpaired) electrons. The number of carboxylic acids is 1. The molecule has 0 aliphatic carbocycles. The quantitative estimate of drug-likeness (QED) is 0.534. The van der Waals surface area contributed by atoms with Crippen molar-refractivity contribution in [2.45, 2.75) is 26.2 Å². The normalized spacial score (nSPS) is 8.10. The molecule has 0 aliphatic rings. The molecule has 0 amide bonds. The van der Waals surface area contributed by atoms with Crippen LogP contribution < -0.4 is 0 Å². The van der Waals surface area contributed by atoms with Crippen LogP contribution in [0.25, 0.3) is 0 Å². The van der Waals surface area contributed by atoms with E-state index in [4.69, 9.17) is 5.11 Å². The number of aliphatic carboxylic acids is 1. The zero-order valence-electron chi connectivity index (χ0n) is 6.09. The van der Waals surface area contributed by atoms with Gasteiger partial charge in [-0.05, 0) is 6.42 Å². The first kappa shape index (κ1) is 12.4. The standard InChI is InChI=1S/C6H10O3.Zn/c1-2-3-5(7)4-6(8)9;/h2-4H2,1H3,(H,8,9);. The van der Waals surface area contributed by atoms with Gasteiger partial charge >= 0.3 is 5.97 Å². The molecule has 1 N–H and O–H groups in total. The molecule has 54 valence electrons. The first-order valence-electron chi connectivity index (χ1n) is 2.90. The fourth-order valence-corrected chi connectivity index (χ4v) is 0.536. The van der Waals surface area contributed by atoms with Gasteiger partial charge in [0, 0.05) is 25.9 Å². The topological polar surface area (TPSA) is 54.4 Å². The van der Waals surface area contributed by atoms with Crippen LogP contribution in [0.3, 0.4) is 0 Å². The summed E-state index contributed by atoms with van der Waals surface area (Å²) in [6.45, 7) is 1.85. The number of carboxylic acid groups (broad SMARTS) is 1. The van der Waals surface area contributed by atoms with E-state index in [9.17, 15) is 9.59 Å². The molecule has 3 nitrogen and oxygen atoms in total. The van der Waals surface area contributed by atoms with E-state index < -0.39 is 5.97 Å². The van der Waals surface area contributed by atoms with E-state index in [0.29, 0.717) is 6.42 Å². The van der Waals surface area contributed by atoms with Gasteiger partial charge in [-0.25, -0.2) is 0 Å². The minimum absolute atomic E-state index is 0. The third-order valence-corrected chi connectivity index (χ3v) is 0.877. The second-order valence-corrected chi connectivity index (χ2v) is 1.86. The molecule has 0 unspecified atom stereocenters. The predicted octanol–water partition coefficient (Wildman–Crippen LogP) is 0.828. The van der Waals surface area contributed by atoms with Gasteiger partial charge < -0.3 is 5.11 Å². The van der Waals surface area contributed by atoms with Gasteiger partial charge in [-0.2, -0.15) is 0 Å². The molecule has 0 spiro atoms. The van der Waals surface area contributed by atoms with Crippen LogP contribution in [0.5, 0.6) is 0 Å². The third-order valence-electron chi connectivity index (χ3n) is 0.877. The van der Waals surface area contributed by atoms with E-state index in [1.165, 1.54) is 0 Å². The summed E-state index contributed by atoms with van der Waals surface area (Å²) in [5.41, 5.74) is 0. The maximum absolute atomic E-state index is 10.5. The molecule has 0 bridgehead atoms. The van der Waals surface area contributed by atoms with Crippen molar-refractivity contribution in [2.24, 2.45) is 0 Å². The van der Waals surface area contributed by atoms with Crippen LogP contribution in [0.4, 0.5) is 0 Å². The van der Waals surface area contributed by atoms with Crippen molar-refractivity contribution in [2.75, 3.05) is 0 Å². The Kier molecular flexibility index (Phi) is 8.56. The average Bonchev–Trinajstić information content (AvgIpc) is 1.63. The molecule has 0 heterocycles. The van der Waals surface area contributed by atoms with Crippen LogP contribution in [-0.4, -0.2) is 16.9 Å². The maximum atomic E-state index is 10.5. The summed E-state index contributed by atoms with van der Waals surface area (Å²) in [5, 5.41) is 8.09. The van der Waals surface area contributed by atoms with Crippen molar-refractivity contribution in [3.8, 4) is 0 Å². The maximum Gasteiger partial charge on any atom is 0.310 e. The van der Waals surface area contributed by atoms with Gasteiger partial charge in [0.15, 0.2) is 0 Å². The molecule has 0 aliphatic heterocycles. The number of ketones is 1. The number of carbonyl (C=O) groups is 2. The van der Waals surface area contributed by atoms with Crippen LogP contribution in [0, 0.1) is 0 Å². The van der Waals surface area contributed by atoms with Crippen LogP contribution in [-0.2, 0) is 29.1 Å². The predicted molar refractivity (Wildman–Crippen MR) is 32.2 cm³/mol. The second-order valence-electron chi connectivity index (χ2n) is 1.86. The van der Waals surface area contributed by atoms with Gasteiger partial charge in [0.1, 0.15) is 12.2 Å². The smallest absolute Gasteiger partial charge is 0.310 e. The van der Waals surface area contributed by atoms with Crippen LogP contribution in [0.2, 0.25) is 0 Å². The zero-order valence-corrected chi connectivity index (χ0v) is 9.06. The molecule has 0 fully saturated rings. The third kappa shape index (κ3) is 7.76. The SMILES string of the molecule is CCCC(=O)CC(=O)O.[Zn]. The molecule has 0 rings (SSSR count). The summed E-state index contributed by atoms with van der Waals surface area (Å²) in [5.74, 6) is -1.22. The van der Waals surface area contributed by atoms with E-state index >= 15 is 0 Å². The van der Waals surface area contributed by atoms with Crippen LogP contribution >= 0.6 is 0 Å². The first-order valence-corrected chi connectivity index (χ1v) is 2.90. The Bertz CT molecular complexity index is 122. The minimum atomic E-state index is -1.03. The van der Waals surface area contributed by atoms with Crippen molar-refractivity contribution < 1.29 is 34.2 Å². The molecule has 0 saturated heterocycles. The number of rotatable bonds is 4. The van der Waals surface area contributed by atoms with Gasteiger partial charge in [0.2, 0.25) is 0 Å². The van der Waals surface area contributed by atoms with Crippen molar-refractivity contribution in [3.05, 3.63) is 0 Å². The monoisotopic (exact) mass is 194 g/mol. The number of carbonyl (C=O) groups excluding carboxylic acids is 1. The zero-order chi connectivity index (χ0) is 7.28. The largest absolute Gasteiger partial charge is 0.481 e. The number of hydrogen-bond donors (Lipinski definition) is 1. The molecule has 4 heteroatoms. The van der Waals surface area contributed by atoms with Crippen molar-refractivity contribution in [3.63, 3.8) is 0 Å². The Morgan fingerprint density at radius 1 is 1.40 bits per heavy atom. The molecule has 10 heavy (non-hydrogen) atoms. The summed E-state index contributed by atoms with van der Waals surface area (Å²) in [6, 6.07) is 0. The van der Waals surface area contributed by atoms with Gasteiger partial charge in [-0.3, -0.25) is 9.59 Å².